The highest BCUT2D eigenvalue weighted by molar-refractivity contribution is 6.09. The number of pyridine rings is 3. The molecule has 9 aromatic rings. The van der Waals surface area contributed by atoms with E-state index in [1.165, 1.54) is 0 Å². The topological polar surface area (TPSA) is 90.5 Å². The summed E-state index contributed by atoms with van der Waals surface area (Å²) in [4.78, 5) is 29.1. The van der Waals surface area contributed by atoms with E-state index in [-0.39, 0.29) is 0 Å². The summed E-state index contributed by atoms with van der Waals surface area (Å²) in [6.07, 6.45) is 3.55. The number of hydrogen-bond acceptors (Lipinski definition) is 7. The first-order chi connectivity index (χ1) is 23.3. The van der Waals surface area contributed by atoms with E-state index in [4.69, 9.17) is 29.3 Å². The molecule has 0 saturated carbocycles. The minimum atomic E-state index is 0.589. The Morgan fingerprint density at radius 2 is 1.13 bits per heavy atom. The standard InChI is InChI=1S/C40H24N6O/c1-3-10-26(11-4-1)37-44-38(27-12-5-2-6-13-27)46-39(45-37)29-16-7-15-28(24-29)33-20-19-25-14-8-17-32(34(25)43-33)35-36-30(21-23-41-35)31-18-9-22-42-40(31)47-36/h1-24H. The van der Waals surface area contributed by atoms with E-state index in [2.05, 4.69) is 29.2 Å². The Kier molecular flexibility index (Phi) is 6.31. The molecule has 0 amide bonds. The van der Waals surface area contributed by atoms with Gasteiger partial charge in [-0.1, -0.05) is 103 Å². The number of fused-ring (bicyclic) bond motifs is 4. The van der Waals surface area contributed by atoms with Gasteiger partial charge < -0.3 is 4.42 Å². The van der Waals surface area contributed by atoms with Crippen LogP contribution < -0.4 is 0 Å². The Morgan fingerprint density at radius 1 is 0.447 bits per heavy atom. The van der Waals surface area contributed by atoms with Crippen LogP contribution in [0.2, 0.25) is 0 Å². The predicted octanol–water partition coefficient (Wildman–Crippen LogP) is 9.44. The third-order valence-electron chi connectivity index (χ3n) is 8.26. The van der Waals surface area contributed by atoms with Gasteiger partial charge in [-0.25, -0.2) is 24.9 Å². The lowest BCUT2D eigenvalue weighted by molar-refractivity contribution is 0.653. The van der Waals surface area contributed by atoms with Crippen LogP contribution in [0.1, 0.15) is 0 Å². The van der Waals surface area contributed by atoms with E-state index in [0.717, 1.165) is 60.9 Å². The van der Waals surface area contributed by atoms with Crippen molar-refractivity contribution in [3.05, 3.63) is 146 Å². The molecule has 7 nitrogen and oxygen atoms in total. The first-order valence-electron chi connectivity index (χ1n) is 15.3. The van der Waals surface area contributed by atoms with Gasteiger partial charge in [0.15, 0.2) is 23.1 Å². The van der Waals surface area contributed by atoms with Gasteiger partial charge in [-0.2, -0.15) is 0 Å². The highest BCUT2D eigenvalue weighted by atomic mass is 16.3. The predicted molar refractivity (Wildman–Crippen MR) is 185 cm³/mol. The van der Waals surface area contributed by atoms with Crippen LogP contribution in [-0.4, -0.2) is 29.9 Å². The summed E-state index contributed by atoms with van der Waals surface area (Å²) in [6.45, 7) is 0. The zero-order valence-electron chi connectivity index (χ0n) is 24.9. The summed E-state index contributed by atoms with van der Waals surface area (Å²) in [7, 11) is 0. The van der Waals surface area contributed by atoms with Gasteiger partial charge in [0, 0.05) is 56.4 Å². The van der Waals surface area contributed by atoms with Crippen LogP contribution in [0, 0.1) is 0 Å². The van der Waals surface area contributed by atoms with Crippen molar-refractivity contribution in [2.75, 3.05) is 0 Å². The molecule has 0 saturated heterocycles. The van der Waals surface area contributed by atoms with Crippen LogP contribution >= 0.6 is 0 Å². The number of para-hydroxylation sites is 1. The van der Waals surface area contributed by atoms with Crippen LogP contribution in [0.4, 0.5) is 0 Å². The molecule has 0 fully saturated rings. The number of benzene rings is 4. The number of nitrogens with zero attached hydrogens (tertiary/aromatic N) is 6. The van der Waals surface area contributed by atoms with E-state index in [1.54, 1.807) is 6.20 Å². The van der Waals surface area contributed by atoms with E-state index in [0.29, 0.717) is 28.8 Å². The van der Waals surface area contributed by atoms with Crippen molar-refractivity contribution in [3.8, 4) is 56.7 Å². The maximum atomic E-state index is 6.23. The Bertz CT molecular complexity index is 2520. The van der Waals surface area contributed by atoms with Crippen LogP contribution in [-0.2, 0) is 0 Å². The fourth-order valence-electron chi connectivity index (χ4n) is 5.98. The normalized spacial score (nSPS) is 11.4. The summed E-state index contributed by atoms with van der Waals surface area (Å²) in [6, 6.07) is 44.3. The zero-order valence-corrected chi connectivity index (χ0v) is 24.9. The molecule has 0 aliphatic heterocycles. The molecule has 0 unspecified atom stereocenters. The van der Waals surface area contributed by atoms with Crippen LogP contribution in [0.5, 0.6) is 0 Å². The SMILES string of the molecule is c1ccc(-c2nc(-c3ccccc3)nc(-c3cccc(-c4ccc5cccc(-c6nccc7c6oc6ncccc67)c5n4)c3)n2)cc1. The van der Waals surface area contributed by atoms with Gasteiger partial charge in [-0.15, -0.1) is 0 Å². The average Bonchev–Trinajstić information content (AvgIpc) is 3.54. The minimum Gasteiger partial charge on any atom is -0.435 e. The second kappa shape index (κ2) is 11.1. The Labute approximate surface area is 269 Å². The quantitative estimate of drug-likeness (QED) is 0.193. The van der Waals surface area contributed by atoms with Gasteiger partial charge in [-0.05, 0) is 30.3 Å². The van der Waals surface area contributed by atoms with Crippen LogP contribution in [0.15, 0.2) is 150 Å². The molecule has 4 aromatic carbocycles. The highest BCUT2D eigenvalue weighted by Gasteiger charge is 2.18. The van der Waals surface area contributed by atoms with Gasteiger partial charge in [0.05, 0.1) is 11.2 Å². The van der Waals surface area contributed by atoms with Crippen molar-refractivity contribution >= 4 is 33.0 Å². The molecule has 220 valence electrons. The Morgan fingerprint density at radius 3 is 1.89 bits per heavy atom. The molecule has 0 bridgehead atoms. The smallest absolute Gasteiger partial charge is 0.227 e. The lowest BCUT2D eigenvalue weighted by atomic mass is 10.0. The molecule has 0 aliphatic carbocycles. The Balaban J connectivity index is 1.17. The minimum absolute atomic E-state index is 0.589. The summed E-state index contributed by atoms with van der Waals surface area (Å²) >= 11 is 0. The zero-order chi connectivity index (χ0) is 31.2. The highest BCUT2D eigenvalue weighted by Crippen LogP contribution is 2.37. The number of furan rings is 1. The number of rotatable bonds is 5. The second-order valence-corrected chi connectivity index (χ2v) is 11.2. The molecule has 0 aliphatic rings. The molecule has 0 spiro atoms. The van der Waals surface area contributed by atoms with Crippen molar-refractivity contribution in [1.29, 1.82) is 0 Å². The van der Waals surface area contributed by atoms with Crippen molar-refractivity contribution in [1.82, 2.24) is 29.9 Å². The molecular formula is C40H24N6O. The van der Waals surface area contributed by atoms with Gasteiger partial charge in [0.25, 0.3) is 0 Å². The fraction of sp³-hybridized carbons (Fsp3) is 0. The lowest BCUT2D eigenvalue weighted by Gasteiger charge is -2.11. The average molecular weight is 605 g/mol. The fourth-order valence-corrected chi connectivity index (χ4v) is 5.98. The molecule has 9 rings (SSSR count). The third kappa shape index (κ3) is 4.78. The summed E-state index contributed by atoms with van der Waals surface area (Å²) in [5.74, 6) is 1.84. The lowest BCUT2D eigenvalue weighted by Crippen LogP contribution is -2.00. The van der Waals surface area contributed by atoms with E-state index < -0.39 is 0 Å². The van der Waals surface area contributed by atoms with Crippen molar-refractivity contribution < 1.29 is 4.42 Å². The molecule has 5 aromatic heterocycles. The summed E-state index contributed by atoms with van der Waals surface area (Å²) in [5.41, 5.74) is 8.24. The van der Waals surface area contributed by atoms with E-state index in [1.807, 2.05) is 115 Å². The molecule has 47 heavy (non-hydrogen) atoms. The molecule has 0 atom stereocenters. The van der Waals surface area contributed by atoms with Gasteiger partial charge >= 0.3 is 0 Å². The third-order valence-corrected chi connectivity index (χ3v) is 8.26. The monoisotopic (exact) mass is 604 g/mol. The molecule has 0 N–H and O–H groups in total. The molecular weight excluding hydrogens is 580 g/mol. The molecule has 7 heteroatoms. The first kappa shape index (κ1) is 26.8. The van der Waals surface area contributed by atoms with Gasteiger partial charge in [-0.3, -0.25) is 4.98 Å². The van der Waals surface area contributed by atoms with Gasteiger partial charge in [0.1, 0.15) is 5.69 Å². The van der Waals surface area contributed by atoms with Gasteiger partial charge in [0.2, 0.25) is 5.71 Å². The Hall–Kier alpha value is -6.60. The van der Waals surface area contributed by atoms with E-state index >= 15 is 0 Å². The summed E-state index contributed by atoms with van der Waals surface area (Å²) in [5, 5.41) is 2.94. The molecule has 0 radical (unpaired) electrons. The number of hydrogen-bond donors (Lipinski definition) is 0. The van der Waals surface area contributed by atoms with E-state index in [9.17, 15) is 0 Å². The first-order valence-corrected chi connectivity index (χ1v) is 15.3. The largest absolute Gasteiger partial charge is 0.435 e. The van der Waals surface area contributed by atoms with Crippen molar-refractivity contribution in [2.45, 2.75) is 0 Å². The maximum absolute atomic E-state index is 6.23. The van der Waals surface area contributed by atoms with Crippen molar-refractivity contribution in [3.63, 3.8) is 0 Å². The van der Waals surface area contributed by atoms with Crippen molar-refractivity contribution in [2.24, 2.45) is 0 Å². The number of aromatic nitrogens is 6. The second-order valence-electron chi connectivity index (χ2n) is 11.2. The van der Waals surface area contributed by atoms with Crippen LogP contribution in [0.3, 0.4) is 0 Å². The summed E-state index contributed by atoms with van der Waals surface area (Å²) < 4.78 is 6.23. The molecule has 5 heterocycles. The van der Waals surface area contributed by atoms with Crippen LogP contribution in [0.25, 0.3) is 89.7 Å². The maximum Gasteiger partial charge on any atom is 0.227 e.